The highest BCUT2D eigenvalue weighted by molar-refractivity contribution is 6.36. The maximum absolute atomic E-state index is 13.4. The van der Waals surface area contributed by atoms with Crippen molar-refractivity contribution in [2.24, 2.45) is 0 Å². The van der Waals surface area contributed by atoms with Crippen LogP contribution in [0, 0.1) is 13.8 Å². The molecule has 1 heterocycles. The van der Waals surface area contributed by atoms with Gasteiger partial charge in [0.1, 0.15) is 11.4 Å². The lowest BCUT2D eigenvalue weighted by Crippen LogP contribution is -2.34. The Bertz CT molecular complexity index is 1180. The van der Waals surface area contributed by atoms with Gasteiger partial charge in [0.2, 0.25) is 0 Å². The molecule has 0 atom stereocenters. The number of imide groups is 1. The van der Waals surface area contributed by atoms with Crippen LogP contribution in [-0.4, -0.2) is 30.4 Å². The number of para-hydroxylation sites is 1. The number of carbonyl (C=O) groups is 2. The molecule has 0 saturated heterocycles. The van der Waals surface area contributed by atoms with E-state index in [-0.39, 0.29) is 11.8 Å². The Labute approximate surface area is 188 Å². The monoisotopic (exact) mass is 426 g/mol. The zero-order chi connectivity index (χ0) is 22.7. The van der Waals surface area contributed by atoms with Gasteiger partial charge in [-0.3, -0.25) is 14.5 Å². The third-order valence-corrected chi connectivity index (χ3v) is 5.70. The third kappa shape index (κ3) is 4.28. The molecule has 0 bridgehead atoms. The molecular weight excluding hydrogens is 400 g/mol. The van der Waals surface area contributed by atoms with Gasteiger partial charge in [0.25, 0.3) is 11.8 Å². The molecule has 5 heteroatoms. The fourth-order valence-corrected chi connectivity index (χ4v) is 3.76. The van der Waals surface area contributed by atoms with Gasteiger partial charge < -0.3 is 10.1 Å². The second kappa shape index (κ2) is 9.10. The molecule has 32 heavy (non-hydrogen) atoms. The normalized spacial score (nSPS) is 13.7. The average Bonchev–Trinajstić information content (AvgIpc) is 3.04. The van der Waals surface area contributed by atoms with Crippen LogP contribution in [-0.2, 0) is 16.0 Å². The van der Waals surface area contributed by atoms with Crippen molar-refractivity contribution in [1.82, 2.24) is 4.90 Å². The molecule has 0 saturated carbocycles. The first kappa shape index (κ1) is 21.4. The first-order chi connectivity index (χ1) is 15.5. The Balaban J connectivity index is 1.64. The Morgan fingerprint density at radius 2 is 1.53 bits per heavy atom. The summed E-state index contributed by atoms with van der Waals surface area (Å²) in [7, 11) is 1.62. The molecule has 1 N–H and O–H groups in total. The molecule has 0 aliphatic carbocycles. The Morgan fingerprint density at radius 1 is 0.844 bits per heavy atom. The number of hydrogen-bond donors (Lipinski definition) is 1. The number of amides is 2. The van der Waals surface area contributed by atoms with Crippen molar-refractivity contribution >= 4 is 23.1 Å². The number of hydrogen-bond acceptors (Lipinski definition) is 4. The maximum atomic E-state index is 13.4. The van der Waals surface area contributed by atoms with Crippen molar-refractivity contribution in [2.45, 2.75) is 20.3 Å². The SMILES string of the molecule is COc1ccc(CCN2C(=O)C(Nc3ccccc3C)=C(c3ccc(C)cc3)C2=O)cc1. The molecule has 0 unspecified atom stereocenters. The van der Waals surface area contributed by atoms with Gasteiger partial charge in [-0.15, -0.1) is 0 Å². The molecule has 1 aliphatic heterocycles. The molecule has 0 aromatic heterocycles. The summed E-state index contributed by atoms with van der Waals surface area (Å²) in [6.07, 6.45) is 0.570. The van der Waals surface area contributed by atoms with Crippen molar-refractivity contribution < 1.29 is 14.3 Å². The number of rotatable bonds is 7. The van der Waals surface area contributed by atoms with Gasteiger partial charge in [-0.1, -0.05) is 60.2 Å². The highest BCUT2D eigenvalue weighted by Gasteiger charge is 2.39. The molecule has 162 valence electrons. The van der Waals surface area contributed by atoms with E-state index in [0.717, 1.165) is 33.7 Å². The van der Waals surface area contributed by atoms with E-state index in [0.29, 0.717) is 24.2 Å². The largest absolute Gasteiger partial charge is 0.497 e. The Hall–Kier alpha value is -3.86. The standard InChI is InChI=1S/C27H26N2O3/c1-18-8-12-21(13-9-18)24-25(28-23-7-5-4-6-19(23)2)27(31)29(26(24)30)17-16-20-10-14-22(32-3)15-11-20/h4-15,28H,16-17H2,1-3H3. The zero-order valence-electron chi connectivity index (χ0n) is 18.5. The van der Waals surface area contributed by atoms with Gasteiger partial charge >= 0.3 is 0 Å². The smallest absolute Gasteiger partial charge is 0.278 e. The summed E-state index contributed by atoms with van der Waals surface area (Å²) in [6, 6.07) is 23.1. The number of ether oxygens (including phenoxy) is 1. The number of nitrogens with zero attached hydrogens (tertiary/aromatic N) is 1. The van der Waals surface area contributed by atoms with Crippen LogP contribution in [0.2, 0.25) is 0 Å². The van der Waals surface area contributed by atoms with Crippen molar-refractivity contribution in [1.29, 1.82) is 0 Å². The van der Waals surface area contributed by atoms with E-state index in [1.807, 2.05) is 86.6 Å². The number of methoxy groups -OCH3 is 1. The van der Waals surface area contributed by atoms with Gasteiger partial charge in [-0.05, 0) is 55.2 Å². The van der Waals surface area contributed by atoms with Crippen LogP contribution in [0.3, 0.4) is 0 Å². The molecule has 3 aromatic carbocycles. The number of aryl methyl sites for hydroxylation is 2. The molecular formula is C27H26N2O3. The Kier molecular flexibility index (Phi) is 6.08. The van der Waals surface area contributed by atoms with E-state index in [4.69, 9.17) is 4.74 Å². The lowest BCUT2D eigenvalue weighted by Gasteiger charge is -2.16. The summed E-state index contributed by atoms with van der Waals surface area (Å²) in [5.41, 5.74) is 5.40. The Morgan fingerprint density at radius 3 is 2.19 bits per heavy atom. The van der Waals surface area contributed by atoms with Crippen LogP contribution in [0.5, 0.6) is 5.75 Å². The van der Waals surface area contributed by atoms with Crippen molar-refractivity contribution in [3.05, 3.63) is 101 Å². The highest BCUT2D eigenvalue weighted by Crippen LogP contribution is 2.31. The summed E-state index contributed by atoms with van der Waals surface area (Å²) in [5.74, 6) is 0.195. The molecule has 0 radical (unpaired) electrons. The van der Waals surface area contributed by atoms with Gasteiger partial charge in [0, 0.05) is 12.2 Å². The van der Waals surface area contributed by atoms with E-state index in [2.05, 4.69) is 5.32 Å². The van der Waals surface area contributed by atoms with Crippen LogP contribution in [0.25, 0.3) is 5.57 Å². The molecule has 0 spiro atoms. The van der Waals surface area contributed by atoms with Crippen LogP contribution >= 0.6 is 0 Å². The lowest BCUT2D eigenvalue weighted by atomic mass is 10.0. The molecule has 1 aliphatic rings. The summed E-state index contributed by atoms with van der Waals surface area (Å²) >= 11 is 0. The van der Waals surface area contributed by atoms with Crippen LogP contribution < -0.4 is 10.1 Å². The van der Waals surface area contributed by atoms with Gasteiger partial charge in [0.15, 0.2) is 0 Å². The molecule has 5 nitrogen and oxygen atoms in total. The minimum atomic E-state index is -0.303. The summed E-state index contributed by atoms with van der Waals surface area (Å²) in [5, 5.41) is 3.25. The zero-order valence-corrected chi connectivity index (χ0v) is 18.5. The van der Waals surface area contributed by atoms with Crippen molar-refractivity contribution in [2.75, 3.05) is 19.0 Å². The molecule has 3 aromatic rings. The second-order valence-corrected chi connectivity index (χ2v) is 7.92. The molecule has 0 fully saturated rings. The fourth-order valence-electron chi connectivity index (χ4n) is 3.76. The average molecular weight is 427 g/mol. The summed E-state index contributed by atoms with van der Waals surface area (Å²) < 4.78 is 5.20. The first-order valence-corrected chi connectivity index (χ1v) is 10.6. The number of carbonyl (C=O) groups excluding carboxylic acids is 2. The third-order valence-electron chi connectivity index (χ3n) is 5.70. The van der Waals surface area contributed by atoms with Crippen molar-refractivity contribution in [3.63, 3.8) is 0 Å². The number of nitrogens with one attached hydrogen (secondary N) is 1. The van der Waals surface area contributed by atoms with E-state index >= 15 is 0 Å². The highest BCUT2D eigenvalue weighted by atomic mass is 16.5. The van der Waals surface area contributed by atoms with Gasteiger partial charge in [0.05, 0.1) is 12.7 Å². The van der Waals surface area contributed by atoms with Gasteiger partial charge in [-0.25, -0.2) is 0 Å². The van der Waals surface area contributed by atoms with Crippen LogP contribution in [0.4, 0.5) is 5.69 Å². The maximum Gasteiger partial charge on any atom is 0.278 e. The van der Waals surface area contributed by atoms with Gasteiger partial charge in [-0.2, -0.15) is 0 Å². The first-order valence-electron chi connectivity index (χ1n) is 10.6. The topological polar surface area (TPSA) is 58.6 Å². The van der Waals surface area contributed by atoms with Crippen LogP contribution in [0.15, 0.2) is 78.5 Å². The predicted octanol–water partition coefficient (Wildman–Crippen LogP) is 4.75. The molecule has 4 rings (SSSR count). The number of benzene rings is 3. The minimum Gasteiger partial charge on any atom is -0.497 e. The predicted molar refractivity (Wildman–Crippen MR) is 126 cm³/mol. The summed E-state index contributed by atoms with van der Waals surface area (Å²) in [6.45, 7) is 4.27. The van der Waals surface area contributed by atoms with Crippen LogP contribution in [0.1, 0.15) is 22.3 Å². The van der Waals surface area contributed by atoms with E-state index < -0.39 is 0 Å². The second-order valence-electron chi connectivity index (χ2n) is 7.92. The van der Waals surface area contributed by atoms with E-state index in [1.54, 1.807) is 7.11 Å². The molecule has 2 amide bonds. The minimum absolute atomic E-state index is 0.275. The quantitative estimate of drug-likeness (QED) is 0.554. The fraction of sp³-hybridized carbons (Fsp3) is 0.185. The van der Waals surface area contributed by atoms with E-state index in [1.165, 1.54) is 4.90 Å². The van der Waals surface area contributed by atoms with Crippen molar-refractivity contribution in [3.8, 4) is 5.75 Å². The van der Waals surface area contributed by atoms with E-state index in [9.17, 15) is 9.59 Å². The summed E-state index contributed by atoms with van der Waals surface area (Å²) in [4.78, 5) is 28.1. The number of anilines is 1. The lowest BCUT2D eigenvalue weighted by molar-refractivity contribution is -0.136.